The molecule has 1 N–H and O–H groups in total. The van der Waals surface area contributed by atoms with Crippen LogP contribution in [-0.2, 0) is 9.53 Å². The van der Waals surface area contributed by atoms with Crippen LogP contribution in [0.15, 0.2) is 0 Å². The number of rotatable bonds is 2. The van der Waals surface area contributed by atoms with Crippen molar-refractivity contribution in [3.8, 4) is 0 Å². The molecule has 18 heavy (non-hydrogen) atoms. The Balaban J connectivity index is 2.60. The number of carbonyl (C=O) groups excluding carboxylic acids is 1. The highest BCUT2D eigenvalue weighted by Crippen LogP contribution is 2.32. The third kappa shape index (κ3) is 4.84. The van der Waals surface area contributed by atoms with E-state index in [1.165, 1.54) is 0 Å². The quantitative estimate of drug-likeness (QED) is 0.782. The molecule has 0 aliphatic carbocycles. The number of carbonyl (C=O) groups is 1. The number of nitrogens with one attached hydrogen (secondary N) is 1. The van der Waals surface area contributed by atoms with Gasteiger partial charge in [-0.25, -0.2) is 0 Å². The average molecular weight is 267 g/mol. The molecule has 106 valence electrons. The van der Waals surface area contributed by atoms with Crippen LogP contribution < -0.4 is 5.32 Å². The van der Waals surface area contributed by atoms with Crippen molar-refractivity contribution in [2.24, 2.45) is 5.92 Å². The Morgan fingerprint density at radius 1 is 1.33 bits per heavy atom. The molecule has 0 aromatic heterocycles. The van der Waals surface area contributed by atoms with Gasteiger partial charge in [0, 0.05) is 0 Å². The number of alkyl halides is 3. The third-order valence-electron chi connectivity index (χ3n) is 2.79. The van der Waals surface area contributed by atoms with Crippen molar-refractivity contribution in [3.05, 3.63) is 0 Å². The summed E-state index contributed by atoms with van der Waals surface area (Å²) in [6, 6.07) is -1.60. The monoisotopic (exact) mass is 267 g/mol. The van der Waals surface area contributed by atoms with Crippen LogP contribution in [0, 0.1) is 5.92 Å². The fourth-order valence-electron chi connectivity index (χ4n) is 2.16. The van der Waals surface area contributed by atoms with Gasteiger partial charge in [0.1, 0.15) is 11.6 Å². The summed E-state index contributed by atoms with van der Waals surface area (Å²) in [4.78, 5) is 11.6. The van der Waals surface area contributed by atoms with E-state index in [0.29, 0.717) is 19.4 Å². The van der Waals surface area contributed by atoms with E-state index < -0.39 is 29.7 Å². The van der Waals surface area contributed by atoms with Crippen molar-refractivity contribution in [2.45, 2.75) is 57.9 Å². The molecule has 0 amide bonds. The highest BCUT2D eigenvalue weighted by Gasteiger charge is 2.46. The van der Waals surface area contributed by atoms with Crippen LogP contribution in [0.4, 0.5) is 13.2 Å². The van der Waals surface area contributed by atoms with E-state index in [4.69, 9.17) is 4.74 Å². The van der Waals surface area contributed by atoms with E-state index in [1.54, 1.807) is 20.8 Å². The second-order valence-corrected chi connectivity index (χ2v) is 5.67. The van der Waals surface area contributed by atoms with Crippen LogP contribution in [-0.4, -0.2) is 30.3 Å². The van der Waals surface area contributed by atoms with Gasteiger partial charge in [0.2, 0.25) is 0 Å². The van der Waals surface area contributed by atoms with Gasteiger partial charge in [-0.3, -0.25) is 4.79 Å². The minimum Gasteiger partial charge on any atom is -0.460 e. The Kier molecular flexibility index (Phi) is 4.64. The number of hydrogen-bond donors (Lipinski definition) is 1. The molecule has 0 radical (unpaired) electrons. The summed E-state index contributed by atoms with van der Waals surface area (Å²) in [6.07, 6.45) is -3.45. The second kappa shape index (κ2) is 5.47. The van der Waals surface area contributed by atoms with Gasteiger partial charge in [0.25, 0.3) is 0 Å². The van der Waals surface area contributed by atoms with Crippen molar-refractivity contribution in [1.29, 1.82) is 0 Å². The predicted molar refractivity (Wildman–Crippen MR) is 61.0 cm³/mol. The van der Waals surface area contributed by atoms with Crippen LogP contribution in [0.5, 0.6) is 0 Å². The lowest BCUT2D eigenvalue weighted by Crippen LogP contribution is -2.51. The molecule has 1 saturated heterocycles. The summed E-state index contributed by atoms with van der Waals surface area (Å²) in [5.41, 5.74) is -0.660. The fraction of sp³-hybridized carbons (Fsp3) is 0.917. The molecule has 2 atom stereocenters. The molecule has 1 fully saturated rings. The number of ether oxygens (including phenoxy) is 1. The molecule has 0 bridgehead atoms. The zero-order valence-electron chi connectivity index (χ0n) is 10.9. The number of esters is 1. The first kappa shape index (κ1) is 15.3. The lowest BCUT2D eigenvalue weighted by atomic mass is 9.87. The van der Waals surface area contributed by atoms with Gasteiger partial charge >= 0.3 is 12.1 Å². The predicted octanol–water partition coefficient (Wildman–Crippen LogP) is 2.65. The van der Waals surface area contributed by atoms with Crippen molar-refractivity contribution < 1.29 is 22.7 Å². The number of hydrogen-bond acceptors (Lipinski definition) is 3. The molecule has 0 spiro atoms. The standard InChI is InChI=1S/C12H20F3NO2/c1-11(2,3)18-9(17)7-8-5-4-6-16-10(8)12(13,14)15/h8,10,16H,4-7H2,1-3H3/t8-,10-/m0/s1. The summed E-state index contributed by atoms with van der Waals surface area (Å²) in [7, 11) is 0. The van der Waals surface area contributed by atoms with E-state index in [9.17, 15) is 18.0 Å². The van der Waals surface area contributed by atoms with Crippen LogP contribution in [0.25, 0.3) is 0 Å². The third-order valence-corrected chi connectivity index (χ3v) is 2.79. The van der Waals surface area contributed by atoms with Gasteiger partial charge in [-0.15, -0.1) is 0 Å². The summed E-state index contributed by atoms with van der Waals surface area (Å²) in [5, 5.41) is 2.44. The topological polar surface area (TPSA) is 38.3 Å². The van der Waals surface area contributed by atoms with E-state index in [0.717, 1.165) is 0 Å². The lowest BCUT2D eigenvalue weighted by Gasteiger charge is -2.34. The SMILES string of the molecule is CC(C)(C)OC(=O)C[C@@H]1CCCN[C@@H]1C(F)(F)F. The summed E-state index contributed by atoms with van der Waals surface area (Å²) >= 11 is 0. The molecular formula is C12H20F3NO2. The van der Waals surface area contributed by atoms with Crippen molar-refractivity contribution in [3.63, 3.8) is 0 Å². The Bertz CT molecular complexity index is 297. The zero-order chi connectivity index (χ0) is 14.0. The maximum Gasteiger partial charge on any atom is 0.404 e. The number of piperidine rings is 1. The minimum atomic E-state index is -4.31. The highest BCUT2D eigenvalue weighted by molar-refractivity contribution is 5.70. The molecule has 1 aliphatic heterocycles. The molecule has 1 heterocycles. The summed E-state index contributed by atoms with van der Waals surface area (Å²) < 4.78 is 43.4. The van der Waals surface area contributed by atoms with Gasteiger partial charge in [-0.05, 0) is 46.1 Å². The average Bonchev–Trinajstić information content (AvgIpc) is 2.13. The maximum absolute atomic E-state index is 12.8. The Morgan fingerprint density at radius 2 is 1.94 bits per heavy atom. The highest BCUT2D eigenvalue weighted by atomic mass is 19.4. The Morgan fingerprint density at radius 3 is 2.44 bits per heavy atom. The van der Waals surface area contributed by atoms with E-state index in [1.807, 2.05) is 0 Å². The summed E-state index contributed by atoms with van der Waals surface area (Å²) in [5.74, 6) is -1.29. The lowest BCUT2D eigenvalue weighted by molar-refractivity contribution is -0.178. The fourth-order valence-corrected chi connectivity index (χ4v) is 2.16. The van der Waals surface area contributed by atoms with E-state index in [2.05, 4.69) is 5.32 Å². The smallest absolute Gasteiger partial charge is 0.404 e. The first-order valence-electron chi connectivity index (χ1n) is 6.11. The molecule has 3 nitrogen and oxygen atoms in total. The first-order chi connectivity index (χ1) is 8.09. The summed E-state index contributed by atoms with van der Waals surface area (Å²) in [6.45, 7) is 5.44. The van der Waals surface area contributed by atoms with Crippen LogP contribution >= 0.6 is 0 Å². The maximum atomic E-state index is 12.8. The van der Waals surface area contributed by atoms with Crippen molar-refractivity contribution in [2.75, 3.05) is 6.54 Å². The molecule has 1 rings (SSSR count). The van der Waals surface area contributed by atoms with Crippen LogP contribution in [0.2, 0.25) is 0 Å². The van der Waals surface area contributed by atoms with E-state index in [-0.39, 0.29) is 6.42 Å². The van der Waals surface area contributed by atoms with E-state index >= 15 is 0 Å². The normalized spacial score (nSPS) is 25.9. The second-order valence-electron chi connectivity index (χ2n) is 5.67. The molecule has 6 heteroatoms. The Hall–Kier alpha value is -0.780. The van der Waals surface area contributed by atoms with Gasteiger partial charge in [-0.1, -0.05) is 0 Å². The van der Waals surface area contributed by atoms with Crippen LogP contribution in [0.3, 0.4) is 0 Å². The first-order valence-corrected chi connectivity index (χ1v) is 6.11. The van der Waals surface area contributed by atoms with Crippen molar-refractivity contribution in [1.82, 2.24) is 5.32 Å². The number of halogens is 3. The molecule has 1 aliphatic rings. The minimum absolute atomic E-state index is 0.186. The molecule has 0 unspecified atom stereocenters. The van der Waals surface area contributed by atoms with Gasteiger partial charge in [0.05, 0.1) is 6.42 Å². The molecular weight excluding hydrogens is 247 g/mol. The molecule has 0 aromatic rings. The van der Waals surface area contributed by atoms with Crippen molar-refractivity contribution >= 4 is 5.97 Å². The molecule has 0 saturated carbocycles. The zero-order valence-corrected chi connectivity index (χ0v) is 10.9. The van der Waals surface area contributed by atoms with Gasteiger partial charge < -0.3 is 10.1 Å². The van der Waals surface area contributed by atoms with Crippen LogP contribution in [0.1, 0.15) is 40.0 Å². The largest absolute Gasteiger partial charge is 0.460 e. The van der Waals surface area contributed by atoms with Gasteiger partial charge in [-0.2, -0.15) is 13.2 Å². The van der Waals surface area contributed by atoms with Gasteiger partial charge in [0.15, 0.2) is 0 Å². The molecule has 0 aromatic carbocycles. The Labute approximate surface area is 105 Å².